The summed E-state index contributed by atoms with van der Waals surface area (Å²) < 4.78 is 0. The zero-order valence-electron chi connectivity index (χ0n) is 13.5. The maximum Gasteiger partial charge on any atom is 0.255 e. The fourth-order valence-electron chi connectivity index (χ4n) is 2.15. The van der Waals surface area contributed by atoms with Gasteiger partial charge in [-0.05, 0) is 26.8 Å². The van der Waals surface area contributed by atoms with Gasteiger partial charge < -0.3 is 5.32 Å². The van der Waals surface area contributed by atoms with Crippen LogP contribution in [0.5, 0.6) is 0 Å². The Morgan fingerprint density at radius 2 is 1.81 bits per heavy atom. The minimum atomic E-state index is -0.311. The normalized spacial score (nSPS) is 12.5. The Morgan fingerprint density at radius 3 is 2.38 bits per heavy atom. The Kier molecular flexibility index (Phi) is 3.70. The van der Waals surface area contributed by atoms with Gasteiger partial charge in [0.1, 0.15) is 5.52 Å². The molecule has 2 aromatic rings. The van der Waals surface area contributed by atoms with Gasteiger partial charge in [0, 0.05) is 22.5 Å². The van der Waals surface area contributed by atoms with Crippen molar-refractivity contribution < 1.29 is 4.79 Å². The second-order valence-electron chi connectivity index (χ2n) is 7.27. The van der Waals surface area contributed by atoms with Crippen molar-refractivity contribution in [2.24, 2.45) is 0 Å². The number of carbonyl (C=O) groups is 1. The minimum Gasteiger partial charge on any atom is -0.347 e. The highest BCUT2D eigenvalue weighted by molar-refractivity contribution is 6.05. The molecule has 0 saturated carbocycles. The minimum absolute atomic E-state index is 0.125. The van der Waals surface area contributed by atoms with Crippen LogP contribution in [0, 0.1) is 0 Å². The van der Waals surface area contributed by atoms with Gasteiger partial charge in [0.15, 0.2) is 0 Å². The summed E-state index contributed by atoms with van der Waals surface area (Å²) in [5.74, 6) is -0.180. The molecule has 0 bridgehead atoms. The van der Waals surface area contributed by atoms with Gasteiger partial charge in [0.25, 0.3) is 5.91 Å². The van der Waals surface area contributed by atoms with Crippen LogP contribution in [-0.4, -0.2) is 26.6 Å². The van der Waals surface area contributed by atoms with Crippen molar-refractivity contribution in [3.63, 3.8) is 0 Å². The predicted molar refractivity (Wildman–Crippen MR) is 83.3 cm³/mol. The Labute approximate surface area is 125 Å². The van der Waals surface area contributed by atoms with E-state index in [2.05, 4.69) is 41.3 Å². The maximum absolute atomic E-state index is 12.4. The molecule has 2 heterocycles. The Morgan fingerprint density at radius 1 is 1.14 bits per heavy atom. The van der Waals surface area contributed by atoms with Crippen molar-refractivity contribution in [2.75, 3.05) is 0 Å². The molecule has 0 saturated heterocycles. The molecule has 0 atom stereocenters. The molecular weight excluding hydrogens is 264 g/mol. The van der Waals surface area contributed by atoms with Crippen LogP contribution in [0.3, 0.4) is 0 Å². The van der Waals surface area contributed by atoms with E-state index in [1.807, 2.05) is 26.8 Å². The summed E-state index contributed by atoms with van der Waals surface area (Å²) in [6.45, 7) is 12.1. The summed E-state index contributed by atoms with van der Waals surface area (Å²) in [5.41, 5.74) is 1.54. The molecule has 0 aliphatic carbocycles. The summed E-state index contributed by atoms with van der Waals surface area (Å²) in [7, 11) is 0. The zero-order valence-corrected chi connectivity index (χ0v) is 13.5. The summed E-state index contributed by atoms with van der Waals surface area (Å²) in [6.07, 6.45) is 3.23. The monoisotopic (exact) mass is 286 g/mol. The first-order valence-corrected chi connectivity index (χ1v) is 7.03. The fraction of sp³-hybridized carbons (Fsp3) is 0.500. The smallest absolute Gasteiger partial charge is 0.255 e. The number of hydrogen-bond donors (Lipinski definition) is 1. The molecule has 5 heteroatoms. The van der Waals surface area contributed by atoms with E-state index < -0.39 is 0 Å². The van der Waals surface area contributed by atoms with Crippen LogP contribution < -0.4 is 5.32 Å². The highest BCUT2D eigenvalue weighted by atomic mass is 16.1. The van der Waals surface area contributed by atoms with Gasteiger partial charge in [0.05, 0.1) is 17.5 Å². The number of nitrogens with zero attached hydrogens (tertiary/aromatic N) is 3. The number of nitrogens with one attached hydrogen (secondary N) is 1. The number of aromatic nitrogens is 3. The van der Waals surface area contributed by atoms with Gasteiger partial charge in [-0.1, -0.05) is 20.8 Å². The average molecular weight is 286 g/mol. The van der Waals surface area contributed by atoms with Crippen molar-refractivity contribution in [3.8, 4) is 0 Å². The number of amides is 1. The van der Waals surface area contributed by atoms with Crippen LogP contribution in [0.4, 0.5) is 0 Å². The number of rotatable bonds is 1. The third-order valence-electron chi connectivity index (χ3n) is 3.00. The third kappa shape index (κ3) is 3.35. The Balaban J connectivity index is 2.61. The van der Waals surface area contributed by atoms with E-state index in [0.717, 1.165) is 11.1 Å². The molecule has 2 aromatic heterocycles. The van der Waals surface area contributed by atoms with Crippen LogP contribution in [0.15, 0.2) is 18.5 Å². The average Bonchev–Trinajstić information content (AvgIpc) is 2.34. The quantitative estimate of drug-likeness (QED) is 0.875. The van der Waals surface area contributed by atoms with E-state index in [4.69, 9.17) is 0 Å². The third-order valence-corrected chi connectivity index (χ3v) is 3.00. The van der Waals surface area contributed by atoms with Crippen LogP contribution in [0.1, 0.15) is 57.6 Å². The van der Waals surface area contributed by atoms with Gasteiger partial charge in [-0.15, -0.1) is 5.10 Å². The Hall–Kier alpha value is -2.04. The van der Waals surface area contributed by atoms with E-state index in [-0.39, 0.29) is 16.9 Å². The molecule has 5 nitrogen and oxygen atoms in total. The second kappa shape index (κ2) is 5.06. The predicted octanol–water partition coefficient (Wildman–Crippen LogP) is 2.85. The number of fused-ring (bicyclic) bond motifs is 1. The van der Waals surface area contributed by atoms with E-state index in [0.29, 0.717) is 11.1 Å². The summed E-state index contributed by atoms with van der Waals surface area (Å²) in [4.78, 5) is 16.9. The second-order valence-corrected chi connectivity index (χ2v) is 7.27. The van der Waals surface area contributed by atoms with Gasteiger partial charge >= 0.3 is 0 Å². The molecule has 0 aliphatic heterocycles. The highest BCUT2D eigenvalue weighted by Crippen LogP contribution is 2.28. The molecular formula is C16H22N4O. The fourth-order valence-corrected chi connectivity index (χ4v) is 2.15. The molecule has 0 aromatic carbocycles. The van der Waals surface area contributed by atoms with Gasteiger partial charge in [-0.25, -0.2) is 0 Å². The van der Waals surface area contributed by atoms with Gasteiger partial charge in [0.2, 0.25) is 0 Å². The standard InChI is InChI=1S/C16H22N4O/c1-15(2,3)13-10-7-8-18-20-12(10)11(9-17-13)14(21)19-16(4,5)6/h7-9H,1-6H3,(H,19,21). The molecule has 1 amide bonds. The SMILES string of the molecule is CC(C)(C)NC(=O)c1cnc(C(C)(C)C)c2ccnnc12. The molecule has 0 spiro atoms. The van der Waals surface area contributed by atoms with E-state index in [1.165, 1.54) is 0 Å². The molecule has 0 aliphatic rings. The van der Waals surface area contributed by atoms with Crippen LogP contribution in [-0.2, 0) is 5.41 Å². The molecule has 0 unspecified atom stereocenters. The molecule has 1 N–H and O–H groups in total. The van der Waals surface area contributed by atoms with Crippen molar-refractivity contribution in [3.05, 3.63) is 29.7 Å². The number of pyridine rings is 1. The van der Waals surface area contributed by atoms with Gasteiger partial charge in [-0.2, -0.15) is 5.10 Å². The first-order chi connectivity index (χ1) is 9.59. The van der Waals surface area contributed by atoms with E-state index in [9.17, 15) is 4.79 Å². The number of hydrogen-bond acceptors (Lipinski definition) is 4. The van der Waals surface area contributed by atoms with Crippen molar-refractivity contribution >= 4 is 16.8 Å². The first-order valence-electron chi connectivity index (χ1n) is 7.03. The lowest BCUT2D eigenvalue weighted by Crippen LogP contribution is -2.40. The number of carbonyl (C=O) groups excluding carboxylic acids is 1. The lowest BCUT2D eigenvalue weighted by Gasteiger charge is -2.22. The topological polar surface area (TPSA) is 67.8 Å². The van der Waals surface area contributed by atoms with Crippen LogP contribution >= 0.6 is 0 Å². The lowest BCUT2D eigenvalue weighted by molar-refractivity contribution is 0.0920. The van der Waals surface area contributed by atoms with Crippen molar-refractivity contribution in [2.45, 2.75) is 52.5 Å². The molecule has 2 rings (SSSR count). The zero-order chi connectivity index (χ0) is 15.8. The van der Waals surface area contributed by atoms with E-state index in [1.54, 1.807) is 12.4 Å². The van der Waals surface area contributed by atoms with Crippen molar-refractivity contribution in [1.29, 1.82) is 0 Å². The summed E-state index contributed by atoms with van der Waals surface area (Å²) >= 11 is 0. The maximum atomic E-state index is 12.4. The molecule has 112 valence electrons. The van der Waals surface area contributed by atoms with Crippen molar-refractivity contribution in [1.82, 2.24) is 20.5 Å². The highest BCUT2D eigenvalue weighted by Gasteiger charge is 2.24. The lowest BCUT2D eigenvalue weighted by atomic mass is 9.88. The van der Waals surface area contributed by atoms with Crippen LogP contribution in [0.25, 0.3) is 10.9 Å². The van der Waals surface area contributed by atoms with Crippen LogP contribution in [0.2, 0.25) is 0 Å². The molecule has 21 heavy (non-hydrogen) atoms. The van der Waals surface area contributed by atoms with E-state index >= 15 is 0 Å². The first kappa shape index (κ1) is 15.4. The Bertz CT molecular complexity index is 681. The van der Waals surface area contributed by atoms with Gasteiger partial charge in [-0.3, -0.25) is 9.78 Å². The summed E-state index contributed by atoms with van der Waals surface area (Å²) in [6, 6.07) is 1.86. The molecule has 0 radical (unpaired) electrons. The summed E-state index contributed by atoms with van der Waals surface area (Å²) in [5, 5.41) is 11.9. The largest absolute Gasteiger partial charge is 0.347 e. The molecule has 0 fully saturated rings.